The van der Waals surface area contributed by atoms with Gasteiger partial charge in [-0.05, 0) is 96.3 Å². The van der Waals surface area contributed by atoms with E-state index in [-0.39, 0.29) is 25.7 Å². The molecule has 0 heterocycles. The van der Waals surface area contributed by atoms with Crippen LogP contribution in [0.3, 0.4) is 0 Å². The fourth-order valence-electron chi connectivity index (χ4n) is 10.2. The maximum absolute atomic E-state index is 13.1. The van der Waals surface area contributed by atoms with Gasteiger partial charge in [0.2, 0.25) is 0 Å². The summed E-state index contributed by atoms with van der Waals surface area (Å²) in [5, 5.41) is 10.6. The average molecular weight is 1400 g/mol. The predicted octanol–water partition coefficient (Wildman–Crippen LogP) is 21.4. The molecule has 0 radical (unpaired) electrons. The summed E-state index contributed by atoms with van der Waals surface area (Å²) < 4.78 is 68.4. The number of esters is 4. The lowest BCUT2D eigenvalue weighted by Gasteiger charge is -2.21. The van der Waals surface area contributed by atoms with Gasteiger partial charge in [0.05, 0.1) is 26.4 Å². The highest BCUT2D eigenvalue weighted by molar-refractivity contribution is 7.47. The molecule has 0 amide bonds. The first-order valence-electron chi connectivity index (χ1n) is 37.8. The van der Waals surface area contributed by atoms with Crippen LogP contribution in [0.2, 0.25) is 0 Å². The molecule has 0 aromatic carbocycles. The standard InChI is InChI=1S/C77H136O17P2/c1-5-9-13-17-21-25-29-33-35-39-41-45-49-53-57-61-74(79)87-67-72(93-76(81)63-59-55-51-47-43-37-31-27-23-19-15-11-7-3)69-91-95(83,84)89-65-71(78)66-90-96(85,86)92-70-73(94-77(82)64-60-56-52-48-44-38-32-28-24-20-16-12-8-4)68-88-75(80)62-58-54-50-46-42-40-36-34-30-26-22-18-14-10-6-2/h9-10,13-14,21-22,25-26,33-36,41,45,71-73,78H,5-8,11-12,15-20,23-24,27-32,37-40,42-44,46-70H2,1-4H3,(H,83,84)(H,85,86)/b13-9-,14-10-,25-21-,26-22-,35-33-,36-34-,45-41-. The second kappa shape index (κ2) is 69.7. The van der Waals surface area contributed by atoms with Crippen LogP contribution in [-0.4, -0.2) is 96.7 Å². The first kappa shape index (κ1) is 92.2. The molecule has 0 aromatic heterocycles. The number of ether oxygens (including phenoxy) is 4. The van der Waals surface area contributed by atoms with Crippen molar-refractivity contribution in [1.82, 2.24) is 0 Å². The van der Waals surface area contributed by atoms with E-state index in [4.69, 9.17) is 37.0 Å². The maximum atomic E-state index is 13.1. The molecule has 0 aliphatic heterocycles. The van der Waals surface area contributed by atoms with Gasteiger partial charge in [-0.3, -0.25) is 37.3 Å². The van der Waals surface area contributed by atoms with Crippen LogP contribution in [-0.2, 0) is 65.4 Å². The number of aliphatic hydroxyl groups excluding tert-OH is 1. The molecule has 0 aliphatic rings. The Morgan fingerprint density at radius 2 is 0.542 bits per heavy atom. The van der Waals surface area contributed by atoms with Crippen molar-refractivity contribution < 1.29 is 80.2 Å². The zero-order valence-electron chi connectivity index (χ0n) is 60.5. The van der Waals surface area contributed by atoms with Crippen molar-refractivity contribution in [2.75, 3.05) is 39.6 Å². The Hall–Kier alpha value is -3.76. The SMILES string of the molecule is CC/C=C\C/C=C\C/C=C\C/C=C\CCCCC(=O)OCC(COP(=O)(O)OCC(O)COP(=O)(O)OCC(COC(=O)CCCCCCC/C=C\C/C=C\C/C=C\CC)OC(=O)CCCCCCCCCCCCCCC)OC(=O)CCCCCCCCCCCCCCC. The number of hydrogen-bond acceptors (Lipinski definition) is 15. The fraction of sp³-hybridized carbons (Fsp3) is 0.766. The number of phosphoric ester groups is 2. The average Bonchev–Trinajstić information content (AvgIpc) is 1.14. The van der Waals surface area contributed by atoms with Crippen LogP contribution in [0.15, 0.2) is 85.1 Å². The van der Waals surface area contributed by atoms with E-state index in [2.05, 4.69) is 113 Å². The summed E-state index contributed by atoms with van der Waals surface area (Å²) in [4.78, 5) is 72.8. The Labute approximate surface area is 583 Å². The van der Waals surface area contributed by atoms with Gasteiger partial charge in [-0.2, -0.15) is 0 Å². The van der Waals surface area contributed by atoms with Crippen molar-refractivity contribution in [3.63, 3.8) is 0 Å². The quantitative estimate of drug-likeness (QED) is 0.0169. The first-order valence-corrected chi connectivity index (χ1v) is 40.8. The minimum Gasteiger partial charge on any atom is -0.462 e. The molecule has 0 fully saturated rings. The van der Waals surface area contributed by atoms with E-state index in [1.165, 1.54) is 103 Å². The molecule has 5 unspecified atom stereocenters. The van der Waals surface area contributed by atoms with Crippen molar-refractivity contribution >= 4 is 39.5 Å². The summed E-state index contributed by atoms with van der Waals surface area (Å²) >= 11 is 0. The summed E-state index contributed by atoms with van der Waals surface area (Å²) in [6.07, 6.45) is 70.1. The predicted molar refractivity (Wildman–Crippen MR) is 390 cm³/mol. The molecule has 0 saturated carbocycles. The van der Waals surface area contributed by atoms with Crippen molar-refractivity contribution in [2.45, 2.75) is 341 Å². The van der Waals surface area contributed by atoms with Crippen LogP contribution in [0.25, 0.3) is 0 Å². The zero-order chi connectivity index (χ0) is 70.4. The molecule has 556 valence electrons. The molecule has 96 heavy (non-hydrogen) atoms. The van der Waals surface area contributed by atoms with Crippen LogP contribution >= 0.6 is 15.6 Å². The third kappa shape index (κ3) is 68.8. The van der Waals surface area contributed by atoms with E-state index in [0.717, 1.165) is 141 Å². The second-order valence-corrected chi connectivity index (χ2v) is 28.1. The topological polar surface area (TPSA) is 237 Å². The van der Waals surface area contributed by atoms with Gasteiger partial charge in [0, 0.05) is 25.7 Å². The van der Waals surface area contributed by atoms with E-state index >= 15 is 0 Å². The van der Waals surface area contributed by atoms with E-state index < -0.39 is 97.5 Å². The number of carbonyl (C=O) groups excluding carboxylic acids is 4. The van der Waals surface area contributed by atoms with Crippen molar-refractivity contribution in [2.24, 2.45) is 0 Å². The van der Waals surface area contributed by atoms with E-state index in [1.807, 2.05) is 0 Å². The molecule has 3 N–H and O–H groups in total. The van der Waals surface area contributed by atoms with Crippen LogP contribution < -0.4 is 0 Å². The normalized spacial score (nSPS) is 14.4. The fourth-order valence-corrected chi connectivity index (χ4v) is 11.7. The molecule has 0 saturated heterocycles. The van der Waals surface area contributed by atoms with Crippen LogP contribution in [0.1, 0.15) is 323 Å². The number of carbonyl (C=O) groups is 4. The van der Waals surface area contributed by atoms with Gasteiger partial charge in [-0.15, -0.1) is 0 Å². The van der Waals surface area contributed by atoms with E-state index in [0.29, 0.717) is 25.7 Å². The highest BCUT2D eigenvalue weighted by Crippen LogP contribution is 2.45. The minimum atomic E-state index is -4.98. The lowest BCUT2D eigenvalue weighted by molar-refractivity contribution is -0.161. The highest BCUT2D eigenvalue weighted by Gasteiger charge is 2.30. The molecule has 0 aliphatic carbocycles. The van der Waals surface area contributed by atoms with Crippen LogP contribution in [0.4, 0.5) is 0 Å². The Morgan fingerprint density at radius 3 is 0.854 bits per heavy atom. The minimum absolute atomic E-state index is 0.0898. The molecule has 0 spiro atoms. The summed E-state index contributed by atoms with van der Waals surface area (Å²) in [6, 6.07) is 0. The summed E-state index contributed by atoms with van der Waals surface area (Å²) in [5.41, 5.74) is 0. The number of aliphatic hydroxyl groups is 1. The number of phosphoric acid groups is 2. The van der Waals surface area contributed by atoms with Crippen LogP contribution in [0, 0.1) is 0 Å². The molecule has 19 heteroatoms. The smallest absolute Gasteiger partial charge is 0.462 e. The van der Waals surface area contributed by atoms with Crippen molar-refractivity contribution in [3.05, 3.63) is 85.1 Å². The number of hydrogen-bond donors (Lipinski definition) is 3. The van der Waals surface area contributed by atoms with Gasteiger partial charge in [-0.1, -0.05) is 286 Å². The zero-order valence-corrected chi connectivity index (χ0v) is 62.3. The van der Waals surface area contributed by atoms with Crippen molar-refractivity contribution in [1.29, 1.82) is 0 Å². The molecule has 5 atom stereocenters. The lowest BCUT2D eigenvalue weighted by atomic mass is 10.0. The van der Waals surface area contributed by atoms with Gasteiger partial charge < -0.3 is 33.8 Å². The Bertz CT molecular complexity index is 2160. The summed E-state index contributed by atoms with van der Waals surface area (Å²) in [6.45, 7) is 4.61. The number of unbranched alkanes of at least 4 members (excludes halogenated alkanes) is 31. The molecule has 0 aromatic rings. The van der Waals surface area contributed by atoms with Gasteiger partial charge in [0.1, 0.15) is 19.3 Å². The lowest BCUT2D eigenvalue weighted by Crippen LogP contribution is -2.30. The van der Waals surface area contributed by atoms with Crippen LogP contribution in [0.5, 0.6) is 0 Å². The van der Waals surface area contributed by atoms with Gasteiger partial charge in [-0.25, -0.2) is 9.13 Å². The molecular weight excluding hydrogens is 1260 g/mol. The summed E-state index contributed by atoms with van der Waals surface area (Å²) in [7, 11) is -9.95. The monoisotopic (exact) mass is 1390 g/mol. The van der Waals surface area contributed by atoms with Gasteiger partial charge >= 0.3 is 39.5 Å². The van der Waals surface area contributed by atoms with E-state index in [1.54, 1.807) is 0 Å². The summed E-state index contributed by atoms with van der Waals surface area (Å²) in [5.74, 6) is -2.22. The number of allylic oxidation sites excluding steroid dienone is 14. The Morgan fingerprint density at radius 1 is 0.302 bits per heavy atom. The largest absolute Gasteiger partial charge is 0.472 e. The van der Waals surface area contributed by atoms with Gasteiger partial charge in [0.25, 0.3) is 0 Å². The molecule has 0 rings (SSSR count). The molecule has 0 bridgehead atoms. The second-order valence-electron chi connectivity index (χ2n) is 25.2. The van der Waals surface area contributed by atoms with Crippen molar-refractivity contribution in [3.8, 4) is 0 Å². The number of rotatable bonds is 71. The third-order valence-electron chi connectivity index (χ3n) is 15.9. The molecule has 17 nitrogen and oxygen atoms in total. The maximum Gasteiger partial charge on any atom is 0.472 e. The van der Waals surface area contributed by atoms with E-state index in [9.17, 15) is 43.2 Å². The molecular formula is C77H136O17P2. The Balaban J connectivity index is 5.36. The first-order chi connectivity index (χ1) is 46.7. The van der Waals surface area contributed by atoms with Gasteiger partial charge in [0.15, 0.2) is 12.2 Å². The third-order valence-corrected chi connectivity index (χ3v) is 17.8. The highest BCUT2D eigenvalue weighted by atomic mass is 31.2. The Kier molecular flexibility index (Phi) is 67.0.